The Morgan fingerprint density at radius 3 is 2.61 bits per heavy atom. The van der Waals surface area contributed by atoms with Crippen molar-refractivity contribution in [1.29, 1.82) is 0 Å². The predicted octanol–water partition coefficient (Wildman–Crippen LogP) is 0.274. The van der Waals surface area contributed by atoms with Crippen LogP contribution in [-0.4, -0.2) is 56.6 Å². The number of piperidine rings is 1. The van der Waals surface area contributed by atoms with Crippen LogP contribution < -0.4 is 5.73 Å². The molecule has 1 heterocycles. The van der Waals surface area contributed by atoms with Gasteiger partial charge in [0.1, 0.15) is 0 Å². The molecule has 0 aromatic heterocycles. The molecule has 23 heavy (non-hydrogen) atoms. The van der Waals surface area contributed by atoms with E-state index in [-0.39, 0.29) is 28.8 Å². The second kappa shape index (κ2) is 6.67. The van der Waals surface area contributed by atoms with Crippen LogP contribution in [0.25, 0.3) is 0 Å². The quantitative estimate of drug-likeness (QED) is 0.851. The zero-order valence-electron chi connectivity index (χ0n) is 13.2. The van der Waals surface area contributed by atoms with E-state index >= 15 is 0 Å². The van der Waals surface area contributed by atoms with Gasteiger partial charge in [-0.15, -0.1) is 0 Å². The van der Waals surface area contributed by atoms with Crippen LogP contribution in [0.3, 0.4) is 0 Å². The average molecular weight is 339 g/mol. The molecule has 1 aromatic rings. The zero-order chi connectivity index (χ0) is 17.2. The fourth-order valence-corrected chi connectivity index (χ4v) is 3.52. The molecule has 0 saturated carbocycles. The van der Waals surface area contributed by atoms with Gasteiger partial charge in [0.15, 0.2) is 0 Å². The van der Waals surface area contributed by atoms with E-state index in [0.29, 0.717) is 19.4 Å². The highest BCUT2D eigenvalue weighted by molar-refractivity contribution is 7.89. The molecule has 0 unspecified atom stereocenters. The molecule has 1 aliphatic heterocycles. The van der Waals surface area contributed by atoms with E-state index in [9.17, 15) is 18.0 Å². The summed E-state index contributed by atoms with van der Waals surface area (Å²) in [6.07, 6.45) is 1.38. The standard InChI is InChI=1S/C15H21N3O4S/c1-17(2)23(21,22)13-7-3-5-11(9-13)15(20)18-8-4-6-12(10-18)14(16)19/h3,5,7,9,12H,4,6,8,10H2,1-2H3,(H2,16,19)/t12-/m1/s1. The number of benzene rings is 1. The number of hydrogen-bond donors (Lipinski definition) is 1. The number of nitrogens with two attached hydrogens (primary N) is 1. The number of sulfonamides is 1. The molecular weight excluding hydrogens is 318 g/mol. The molecule has 2 rings (SSSR count). The highest BCUT2D eigenvalue weighted by atomic mass is 32.2. The van der Waals surface area contributed by atoms with Gasteiger partial charge in [0.25, 0.3) is 5.91 Å². The first kappa shape index (κ1) is 17.4. The highest BCUT2D eigenvalue weighted by Gasteiger charge is 2.28. The molecule has 2 amide bonds. The minimum atomic E-state index is -3.60. The maximum absolute atomic E-state index is 12.6. The number of carbonyl (C=O) groups excluding carboxylic acids is 2. The number of primary amides is 1. The fourth-order valence-electron chi connectivity index (χ4n) is 2.58. The van der Waals surface area contributed by atoms with Crippen molar-refractivity contribution >= 4 is 21.8 Å². The Labute approximate surface area is 136 Å². The molecule has 0 spiro atoms. The number of amides is 2. The minimum Gasteiger partial charge on any atom is -0.369 e. The van der Waals surface area contributed by atoms with E-state index in [2.05, 4.69) is 0 Å². The van der Waals surface area contributed by atoms with Crippen molar-refractivity contribution in [2.75, 3.05) is 27.2 Å². The van der Waals surface area contributed by atoms with Crippen molar-refractivity contribution in [2.45, 2.75) is 17.7 Å². The van der Waals surface area contributed by atoms with Crippen LogP contribution in [0, 0.1) is 5.92 Å². The average Bonchev–Trinajstić information content (AvgIpc) is 2.54. The molecule has 7 nitrogen and oxygen atoms in total. The number of hydrogen-bond acceptors (Lipinski definition) is 4. The number of rotatable bonds is 4. The molecule has 8 heteroatoms. The summed E-state index contributed by atoms with van der Waals surface area (Å²) < 4.78 is 25.4. The summed E-state index contributed by atoms with van der Waals surface area (Å²) in [4.78, 5) is 25.5. The Hall–Kier alpha value is -1.93. The van der Waals surface area contributed by atoms with Crippen molar-refractivity contribution in [1.82, 2.24) is 9.21 Å². The second-order valence-corrected chi connectivity index (χ2v) is 7.96. The predicted molar refractivity (Wildman–Crippen MR) is 85.1 cm³/mol. The van der Waals surface area contributed by atoms with Crippen LogP contribution in [-0.2, 0) is 14.8 Å². The van der Waals surface area contributed by atoms with Gasteiger partial charge in [0.05, 0.1) is 10.8 Å². The Bertz CT molecular complexity index is 715. The molecule has 0 aliphatic carbocycles. The Kier molecular flexibility index (Phi) is 5.06. The number of nitrogens with zero attached hydrogens (tertiary/aromatic N) is 2. The summed E-state index contributed by atoms with van der Waals surface area (Å²) in [6.45, 7) is 0.812. The normalized spacial score (nSPS) is 18.9. The van der Waals surface area contributed by atoms with Gasteiger partial charge in [0, 0.05) is 32.7 Å². The van der Waals surface area contributed by atoms with Crippen molar-refractivity contribution in [3.8, 4) is 0 Å². The van der Waals surface area contributed by atoms with Crippen molar-refractivity contribution < 1.29 is 18.0 Å². The summed E-state index contributed by atoms with van der Waals surface area (Å²) in [7, 11) is -0.727. The Morgan fingerprint density at radius 2 is 2.00 bits per heavy atom. The molecule has 1 aliphatic rings. The molecule has 0 radical (unpaired) electrons. The minimum absolute atomic E-state index is 0.0665. The smallest absolute Gasteiger partial charge is 0.253 e. The van der Waals surface area contributed by atoms with Gasteiger partial charge in [-0.1, -0.05) is 6.07 Å². The molecule has 2 N–H and O–H groups in total. The first-order valence-corrected chi connectivity index (χ1v) is 8.78. The van der Waals surface area contributed by atoms with Crippen molar-refractivity contribution in [3.05, 3.63) is 29.8 Å². The van der Waals surface area contributed by atoms with Crippen LogP contribution in [0.4, 0.5) is 0 Å². The SMILES string of the molecule is CN(C)S(=O)(=O)c1cccc(C(=O)N2CCC[C@@H](C(N)=O)C2)c1. The first-order valence-electron chi connectivity index (χ1n) is 7.34. The summed E-state index contributed by atoms with van der Waals surface area (Å²) >= 11 is 0. The largest absolute Gasteiger partial charge is 0.369 e. The number of likely N-dealkylation sites (tertiary alicyclic amines) is 1. The summed E-state index contributed by atoms with van der Waals surface area (Å²) in [5.41, 5.74) is 5.61. The molecular formula is C15H21N3O4S. The molecule has 1 fully saturated rings. The van der Waals surface area contributed by atoms with Crippen molar-refractivity contribution in [3.63, 3.8) is 0 Å². The molecule has 1 atom stereocenters. The number of carbonyl (C=O) groups is 2. The van der Waals surface area contributed by atoms with E-state index in [1.807, 2.05) is 0 Å². The van der Waals surface area contributed by atoms with E-state index in [1.54, 1.807) is 17.0 Å². The van der Waals surface area contributed by atoms with Crippen LogP contribution in [0.15, 0.2) is 29.2 Å². The summed E-state index contributed by atoms with van der Waals surface area (Å²) in [6, 6.07) is 5.93. The lowest BCUT2D eigenvalue weighted by Crippen LogP contribution is -2.44. The van der Waals surface area contributed by atoms with Gasteiger partial charge in [-0.25, -0.2) is 12.7 Å². The van der Waals surface area contributed by atoms with Gasteiger partial charge in [-0.3, -0.25) is 9.59 Å². The monoisotopic (exact) mass is 339 g/mol. The third kappa shape index (κ3) is 3.70. The van der Waals surface area contributed by atoms with E-state index in [4.69, 9.17) is 5.73 Å². The van der Waals surface area contributed by atoms with Crippen molar-refractivity contribution in [2.24, 2.45) is 11.7 Å². The lowest BCUT2D eigenvalue weighted by Gasteiger charge is -2.31. The topological polar surface area (TPSA) is 101 Å². The molecule has 126 valence electrons. The third-order valence-electron chi connectivity index (χ3n) is 3.97. The second-order valence-electron chi connectivity index (χ2n) is 5.81. The fraction of sp³-hybridized carbons (Fsp3) is 0.467. The molecule has 0 bridgehead atoms. The van der Waals surface area contributed by atoms with Gasteiger partial charge in [-0.2, -0.15) is 0 Å². The first-order chi connectivity index (χ1) is 10.7. The van der Waals surface area contributed by atoms with Crippen LogP contribution in [0.5, 0.6) is 0 Å². The Balaban J connectivity index is 2.25. The molecule has 1 aromatic carbocycles. The van der Waals surface area contributed by atoms with Gasteiger partial charge in [-0.05, 0) is 31.0 Å². The third-order valence-corrected chi connectivity index (χ3v) is 5.78. The van der Waals surface area contributed by atoms with E-state index < -0.39 is 15.9 Å². The van der Waals surface area contributed by atoms with Crippen LogP contribution in [0.1, 0.15) is 23.2 Å². The van der Waals surface area contributed by atoms with Gasteiger partial charge in [0.2, 0.25) is 15.9 Å². The van der Waals surface area contributed by atoms with Gasteiger partial charge < -0.3 is 10.6 Å². The highest BCUT2D eigenvalue weighted by Crippen LogP contribution is 2.20. The van der Waals surface area contributed by atoms with Crippen LogP contribution >= 0.6 is 0 Å². The summed E-state index contributed by atoms with van der Waals surface area (Å²) in [5, 5.41) is 0. The lowest BCUT2D eigenvalue weighted by molar-refractivity contribution is -0.123. The maximum Gasteiger partial charge on any atom is 0.253 e. The van der Waals surface area contributed by atoms with Gasteiger partial charge >= 0.3 is 0 Å². The van der Waals surface area contributed by atoms with E-state index in [0.717, 1.165) is 4.31 Å². The van der Waals surface area contributed by atoms with E-state index in [1.165, 1.54) is 26.2 Å². The van der Waals surface area contributed by atoms with Crippen LogP contribution in [0.2, 0.25) is 0 Å². The maximum atomic E-state index is 12.6. The lowest BCUT2D eigenvalue weighted by atomic mass is 9.97. The summed E-state index contributed by atoms with van der Waals surface area (Å²) in [5.74, 6) is -1.04. The zero-order valence-corrected chi connectivity index (χ0v) is 14.0. The Morgan fingerprint density at radius 1 is 1.30 bits per heavy atom. The molecule has 1 saturated heterocycles.